The maximum Gasteiger partial charge on any atom is 0.269 e. The molecule has 162 valence electrons. The Labute approximate surface area is 186 Å². The quantitative estimate of drug-likeness (QED) is 0.473. The van der Waals surface area contributed by atoms with E-state index in [0.29, 0.717) is 11.4 Å². The zero-order chi connectivity index (χ0) is 22.5. The van der Waals surface area contributed by atoms with Crippen molar-refractivity contribution in [2.75, 3.05) is 0 Å². The fraction of sp³-hybridized carbons (Fsp3) is 0.280. The van der Waals surface area contributed by atoms with E-state index in [2.05, 4.69) is 17.2 Å². The van der Waals surface area contributed by atoms with Crippen LogP contribution in [0.1, 0.15) is 43.7 Å². The number of aromatic nitrogens is 2. The van der Waals surface area contributed by atoms with Crippen molar-refractivity contribution in [3.8, 4) is 17.7 Å². The number of fused-ring (bicyclic) bond motifs is 1. The molecule has 1 N–H and O–H groups in total. The van der Waals surface area contributed by atoms with Gasteiger partial charge in [0.25, 0.3) is 11.5 Å². The lowest BCUT2D eigenvalue weighted by Gasteiger charge is -2.12. The van der Waals surface area contributed by atoms with E-state index in [0.717, 1.165) is 37.7 Å². The van der Waals surface area contributed by atoms with Crippen molar-refractivity contribution in [2.45, 2.75) is 45.1 Å². The zero-order valence-electron chi connectivity index (χ0n) is 17.9. The Hall–Kier alpha value is -3.92. The number of nitrogens with zero attached hydrogens (tertiary/aromatic N) is 3. The van der Waals surface area contributed by atoms with Crippen molar-refractivity contribution < 1.29 is 9.53 Å². The van der Waals surface area contributed by atoms with Gasteiger partial charge in [0.1, 0.15) is 28.6 Å². The molecule has 1 aliphatic carbocycles. The minimum Gasteiger partial charge on any atom is -0.438 e. The zero-order valence-corrected chi connectivity index (χ0v) is 17.9. The summed E-state index contributed by atoms with van der Waals surface area (Å²) in [5, 5.41) is 12.5. The number of nitrogens with one attached hydrogen (secondary N) is 1. The highest BCUT2D eigenvalue weighted by molar-refractivity contribution is 6.02. The van der Waals surface area contributed by atoms with Gasteiger partial charge < -0.3 is 10.1 Å². The first-order chi connectivity index (χ1) is 15.6. The summed E-state index contributed by atoms with van der Waals surface area (Å²) in [5.74, 6) is 0.0695. The van der Waals surface area contributed by atoms with E-state index >= 15 is 0 Å². The molecule has 32 heavy (non-hydrogen) atoms. The van der Waals surface area contributed by atoms with Crippen LogP contribution in [0.4, 0.5) is 0 Å². The average Bonchev–Trinajstić information content (AvgIpc) is 3.32. The van der Waals surface area contributed by atoms with Crippen LogP contribution in [0.5, 0.6) is 11.6 Å². The average molecular weight is 428 g/mol. The van der Waals surface area contributed by atoms with Crippen LogP contribution in [0.15, 0.2) is 59.0 Å². The summed E-state index contributed by atoms with van der Waals surface area (Å²) in [6, 6.07) is 14.6. The summed E-state index contributed by atoms with van der Waals surface area (Å²) in [6.45, 7) is 2.06. The highest BCUT2D eigenvalue weighted by Crippen LogP contribution is 2.25. The van der Waals surface area contributed by atoms with E-state index in [-0.39, 0.29) is 23.1 Å². The summed E-state index contributed by atoms with van der Waals surface area (Å²) < 4.78 is 7.31. The molecule has 2 aromatic heterocycles. The second kappa shape index (κ2) is 9.48. The molecular weight excluding hydrogens is 404 g/mol. The molecule has 1 saturated carbocycles. The Morgan fingerprint density at radius 2 is 2.00 bits per heavy atom. The van der Waals surface area contributed by atoms with Crippen molar-refractivity contribution in [1.82, 2.24) is 14.7 Å². The number of aryl methyl sites for hydroxylation is 1. The van der Waals surface area contributed by atoms with Gasteiger partial charge >= 0.3 is 0 Å². The highest BCUT2D eigenvalue weighted by atomic mass is 16.5. The van der Waals surface area contributed by atoms with Gasteiger partial charge in [0.2, 0.25) is 5.88 Å². The minimum absolute atomic E-state index is 0.0476. The second-order valence-corrected chi connectivity index (χ2v) is 7.79. The van der Waals surface area contributed by atoms with Crippen molar-refractivity contribution in [1.29, 1.82) is 5.26 Å². The van der Waals surface area contributed by atoms with Crippen LogP contribution in [0.25, 0.3) is 11.7 Å². The molecule has 0 bridgehead atoms. The lowest BCUT2D eigenvalue weighted by atomic mass is 10.1. The van der Waals surface area contributed by atoms with Crippen molar-refractivity contribution >= 4 is 17.6 Å². The fourth-order valence-corrected chi connectivity index (χ4v) is 3.81. The van der Waals surface area contributed by atoms with Crippen LogP contribution in [-0.4, -0.2) is 21.3 Å². The summed E-state index contributed by atoms with van der Waals surface area (Å²) in [7, 11) is 0. The van der Waals surface area contributed by atoms with Crippen LogP contribution in [0.2, 0.25) is 0 Å². The van der Waals surface area contributed by atoms with E-state index in [4.69, 9.17) is 4.74 Å². The number of ether oxygens (including phenoxy) is 1. The number of pyridine rings is 1. The number of nitriles is 1. The van der Waals surface area contributed by atoms with E-state index in [1.807, 2.05) is 18.2 Å². The molecule has 7 nitrogen and oxygen atoms in total. The van der Waals surface area contributed by atoms with Gasteiger partial charge in [-0.2, -0.15) is 10.2 Å². The van der Waals surface area contributed by atoms with Gasteiger partial charge in [-0.25, -0.2) is 0 Å². The molecular formula is C25H24N4O3. The van der Waals surface area contributed by atoms with Gasteiger partial charge in [-0.1, -0.05) is 38.0 Å². The number of hydrogen-bond donors (Lipinski definition) is 1. The molecule has 2 heterocycles. The van der Waals surface area contributed by atoms with Crippen LogP contribution >= 0.6 is 0 Å². The van der Waals surface area contributed by atoms with E-state index in [1.165, 1.54) is 10.5 Å². The molecule has 0 aliphatic heterocycles. The first-order valence-corrected chi connectivity index (χ1v) is 10.8. The standard InChI is InChI=1S/C25H24N4O3/c1-2-17-10-12-20(13-11-17)32-24-21(25(31)29-14-6-5-9-22(29)28-24)15-18(16-26)23(30)27-19-7-3-4-8-19/h5-6,9-15,19H,2-4,7-8H2,1H3,(H,27,30). The Morgan fingerprint density at radius 3 is 2.69 bits per heavy atom. The maximum absolute atomic E-state index is 13.2. The number of rotatable bonds is 6. The topological polar surface area (TPSA) is 96.5 Å². The molecule has 4 rings (SSSR count). The Bertz CT molecular complexity index is 1260. The van der Waals surface area contributed by atoms with Crippen molar-refractivity contribution in [3.05, 3.63) is 75.7 Å². The molecule has 0 saturated heterocycles. The van der Waals surface area contributed by atoms with Gasteiger partial charge in [-0.05, 0) is 55.2 Å². The van der Waals surface area contributed by atoms with E-state index in [9.17, 15) is 14.9 Å². The number of amides is 1. The Balaban J connectivity index is 1.76. The molecule has 1 fully saturated rings. The van der Waals surface area contributed by atoms with Crippen LogP contribution < -0.4 is 15.6 Å². The Kier molecular flexibility index (Phi) is 6.31. The largest absolute Gasteiger partial charge is 0.438 e. The molecule has 1 aromatic carbocycles. The third-order valence-corrected chi connectivity index (χ3v) is 5.62. The molecule has 0 atom stereocenters. The highest BCUT2D eigenvalue weighted by Gasteiger charge is 2.21. The minimum atomic E-state index is -0.491. The number of carbonyl (C=O) groups is 1. The first kappa shape index (κ1) is 21.3. The number of carbonyl (C=O) groups excluding carboxylic acids is 1. The van der Waals surface area contributed by atoms with Gasteiger partial charge in [-0.3, -0.25) is 14.0 Å². The van der Waals surface area contributed by atoms with Crippen LogP contribution in [-0.2, 0) is 11.2 Å². The van der Waals surface area contributed by atoms with E-state index < -0.39 is 11.5 Å². The van der Waals surface area contributed by atoms with Crippen molar-refractivity contribution in [2.24, 2.45) is 0 Å². The fourth-order valence-electron chi connectivity index (χ4n) is 3.81. The predicted molar refractivity (Wildman–Crippen MR) is 121 cm³/mol. The van der Waals surface area contributed by atoms with Gasteiger partial charge in [0, 0.05) is 12.2 Å². The molecule has 7 heteroatoms. The predicted octanol–water partition coefficient (Wildman–Crippen LogP) is 4.01. The number of hydrogen-bond acceptors (Lipinski definition) is 5. The third kappa shape index (κ3) is 4.54. The lowest BCUT2D eigenvalue weighted by molar-refractivity contribution is -0.117. The normalized spacial score (nSPS) is 14.3. The first-order valence-electron chi connectivity index (χ1n) is 10.8. The summed E-state index contributed by atoms with van der Waals surface area (Å²) >= 11 is 0. The third-order valence-electron chi connectivity index (χ3n) is 5.62. The summed E-state index contributed by atoms with van der Waals surface area (Å²) in [4.78, 5) is 30.4. The second-order valence-electron chi connectivity index (χ2n) is 7.79. The molecule has 0 spiro atoms. The SMILES string of the molecule is CCc1ccc(Oc2nc3ccccn3c(=O)c2C=C(C#N)C(=O)NC2CCCC2)cc1. The maximum atomic E-state index is 13.2. The molecule has 3 aromatic rings. The van der Waals surface area contributed by atoms with Gasteiger partial charge in [0.05, 0.1) is 0 Å². The Morgan fingerprint density at radius 1 is 1.25 bits per heavy atom. The summed E-state index contributed by atoms with van der Waals surface area (Å²) in [5.41, 5.74) is 1.03. The van der Waals surface area contributed by atoms with Gasteiger partial charge in [-0.15, -0.1) is 0 Å². The summed E-state index contributed by atoms with van der Waals surface area (Å²) in [6.07, 6.45) is 7.66. The number of benzene rings is 1. The molecule has 1 amide bonds. The smallest absolute Gasteiger partial charge is 0.269 e. The monoisotopic (exact) mass is 428 g/mol. The lowest BCUT2D eigenvalue weighted by Crippen LogP contribution is -2.33. The van der Waals surface area contributed by atoms with Crippen LogP contribution in [0.3, 0.4) is 0 Å². The molecule has 1 aliphatic rings. The van der Waals surface area contributed by atoms with Crippen LogP contribution in [0, 0.1) is 11.3 Å². The molecule has 0 radical (unpaired) electrons. The van der Waals surface area contributed by atoms with Gasteiger partial charge in [0.15, 0.2) is 0 Å². The van der Waals surface area contributed by atoms with Crippen molar-refractivity contribution in [3.63, 3.8) is 0 Å². The van der Waals surface area contributed by atoms with E-state index in [1.54, 1.807) is 36.5 Å². The molecule has 0 unspecified atom stereocenters.